The molecule has 154 valence electrons. The molecule has 0 unspecified atom stereocenters. The highest BCUT2D eigenvalue weighted by Crippen LogP contribution is 2.23. The predicted octanol–water partition coefficient (Wildman–Crippen LogP) is 1.83. The Morgan fingerprint density at radius 3 is 2.86 bits per heavy atom. The molecule has 0 saturated carbocycles. The minimum atomic E-state index is -0.436. The molecule has 0 spiro atoms. The van der Waals surface area contributed by atoms with Crippen LogP contribution in [0.2, 0.25) is 0 Å². The normalized spacial score (nSPS) is 14.4. The summed E-state index contributed by atoms with van der Waals surface area (Å²) in [6.45, 7) is 1.70. The van der Waals surface area contributed by atoms with E-state index in [1.165, 1.54) is 6.07 Å². The monoisotopic (exact) mass is 419 g/mol. The van der Waals surface area contributed by atoms with E-state index in [9.17, 15) is 9.59 Å². The van der Waals surface area contributed by atoms with Crippen molar-refractivity contribution in [3.8, 4) is 5.75 Å². The number of carbonyl (C=O) groups excluding carboxylic acids is 1. The van der Waals surface area contributed by atoms with Gasteiger partial charge in [-0.3, -0.25) is 10.1 Å². The van der Waals surface area contributed by atoms with E-state index in [0.29, 0.717) is 23.2 Å². The van der Waals surface area contributed by atoms with Gasteiger partial charge in [0.2, 0.25) is 5.95 Å². The van der Waals surface area contributed by atoms with Crippen LogP contribution in [0.15, 0.2) is 39.5 Å². The number of piperidine rings is 1. The van der Waals surface area contributed by atoms with Crippen LogP contribution in [0.25, 0.3) is 11.0 Å². The molecule has 4 rings (SSSR count). The van der Waals surface area contributed by atoms with Crippen LogP contribution in [0.5, 0.6) is 5.75 Å². The fourth-order valence-corrected chi connectivity index (χ4v) is 3.21. The zero-order chi connectivity index (χ0) is 19.5. The van der Waals surface area contributed by atoms with Crippen molar-refractivity contribution in [1.82, 2.24) is 20.1 Å². The molecular formula is C19H22ClN5O4. The van der Waals surface area contributed by atoms with E-state index in [1.807, 2.05) is 0 Å². The quantitative estimate of drug-likeness (QED) is 0.607. The minimum absolute atomic E-state index is 0. The Labute approximate surface area is 172 Å². The number of aryl methyl sites for hydroxylation is 1. The third kappa shape index (κ3) is 4.93. The molecule has 0 bridgehead atoms. The van der Waals surface area contributed by atoms with Crippen molar-refractivity contribution in [2.24, 2.45) is 7.05 Å². The summed E-state index contributed by atoms with van der Waals surface area (Å²) in [5.41, 5.74) is -0.0282. The highest BCUT2D eigenvalue weighted by molar-refractivity contribution is 5.90. The molecule has 9 nitrogen and oxygen atoms in total. The van der Waals surface area contributed by atoms with Gasteiger partial charge >= 0.3 is 5.63 Å². The predicted molar refractivity (Wildman–Crippen MR) is 110 cm³/mol. The summed E-state index contributed by atoms with van der Waals surface area (Å²) in [6.07, 6.45) is 1.97. The lowest BCUT2D eigenvalue weighted by atomic mass is 9.98. The summed E-state index contributed by atoms with van der Waals surface area (Å²) in [5.74, 6) is 1.55. The summed E-state index contributed by atoms with van der Waals surface area (Å²) in [6, 6.07) is 8.09. The second kappa shape index (κ2) is 9.06. The molecule has 0 radical (unpaired) electrons. The van der Waals surface area contributed by atoms with E-state index in [-0.39, 0.29) is 24.9 Å². The molecule has 1 aliphatic heterocycles. The number of benzene rings is 1. The highest BCUT2D eigenvalue weighted by atomic mass is 35.5. The minimum Gasteiger partial charge on any atom is -0.484 e. The van der Waals surface area contributed by atoms with Gasteiger partial charge in [0.15, 0.2) is 12.4 Å². The summed E-state index contributed by atoms with van der Waals surface area (Å²) in [7, 11) is 1.75. The summed E-state index contributed by atoms with van der Waals surface area (Å²) < 4.78 is 12.2. The highest BCUT2D eigenvalue weighted by Gasteiger charge is 2.21. The zero-order valence-electron chi connectivity index (χ0n) is 15.9. The van der Waals surface area contributed by atoms with Crippen molar-refractivity contribution in [3.05, 3.63) is 46.6 Å². The Bertz CT molecular complexity index is 1060. The third-order valence-electron chi connectivity index (χ3n) is 4.70. The molecule has 3 aromatic rings. The van der Waals surface area contributed by atoms with Gasteiger partial charge in [0.25, 0.3) is 5.91 Å². The molecule has 2 N–H and O–H groups in total. The largest absolute Gasteiger partial charge is 0.484 e. The second-order valence-corrected chi connectivity index (χ2v) is 6.73. The van der Waals surface area contributed by atoms with Crippen LogP contribution in [-0.4, -0.2) is 40.4 Å². The van der Waals surface area contributed by atoms with Gasteiger partial charge in [-0.25, -0.2) is 9.48 Å². The number of nitrogens with one attached hydrogen (secondary N) is 2. The van der Waals surface area contributed by atoms with E-state index in [0.717, 1.165) is 37.1 Å². The number of halogens is 1. The number of hydrogen-bond donors (Lipinski definition) is 2. The molecular weight excluding hydrogens is 398 g/mol. The number of aromatic nitrogens is 3. The van der Waals surface area contributed by atoms with E-state index < -0.39 is 5.63 Å². The van der Waals surface area contributed by atoms with Crippen LogP contribution in [0.1, 0.15) is 24.6 Å². The van der Waals surface area contributed by atoms with Crippen LogP contribution < -0.4 is 21.0 Å². The summed E-state index contributed by atoms with van der Waals surface area (Å²) in [5, 5.41) is 11.2. The topological polar surface area (TPSA) is 111 Å². The van der Waals surface area contributed by atoms with Crippen LogP contribution in [0.4, 0.5) is 5.95 Å². The third-order valence-corrected chi connectivity index (χ3v) is 4.70. The van der Waals surface area contributed by atoms with Gasteiger partial charge in [-0.15, -0.1) is 12.4 Å². The molecule has 3 heterocycles. The number of nitrogens with zero attached hydrogens (tertiary/aromatic N) is 3. The number of fused-ring (bicyclic) bond motifs is 1. The van der Waals surface area contributed by atoms with Crippen LogP contribution in [0.3, 0.4) is 0 Å². The van der Waals surface area contributed by atoms with Crippen LogP contribution in [-0.2, 0) is 11.8 Å². The molecule has 2 aromatic heterocycles. The average molecular weight is 420 g/mol. The Kier molecular flexibility index (Phi) is 6.50. The van der Waals surface area contributed by atoms with Crippen molar-refractivity contribution < 1.29 is 13.9 Å². The van der Waals surface area contributed by atoms with Gasteiger partial charge in [-0.05, 0) is 44.1 Å². The van der Waals surface area contributed by atoms with Gasteiger partial charge < -0.3 is 14.5 Å². The molecule has 0 aliphatic carbocycles. The molecule has 29 heavy (non-hydrogen) atoms. The maximum atomic E-state index is 12.2. The lowest BCUT2D eigenvalue weighted by molar-refractivity contribution is -0.118. The first-order valence-electron chi connectivity index (χ1n) is 9.17. The lowest BCUT2D eigenvalue weighted by Crippen LogP contribution is -2.27. The molecule has 1 aliphatic rings. The first-order chi connectivity index (χ1) is 13.6. The standard InChI is InChI=1S/C19H21N5O4.ClH/c1-24-19(22-18(23-24)13-6-8-20-9-7-13)21-16(25)11-27-14-4-2-12-3-5-17(26)28-15(12)10-14;/h2-5,10,13,20H,6-9,11H2,1H3,(H,21,22,23,25);1H. The number of amides is 1. The number of ether oxygens (including phenoxy) is 1. The van der Waals surface area contributed by atoms with E-state index >= 15 is 0 Å². The smallest absolute Gasteiger partial charge is 0.336 e. The molecule has 1 amide bonds. The van der Waals surface area contributed by atoms with Gasteiger partial charge in [-0.2, -0.15) is 10.1 Å². The van der Waals surface area contributed by atoms with Crippen molar-refractivity contribution >= 4 is 35.2 Å². The average Bonchev–Trinajstić information content (AvgIpc) is 3.07. The lowest BCUT2D eigenvalue weighted by Gasteiger charge is -2.19. The first kappa shape index (κ1) is 20.8. The van der Waals surface area contributed by atoms with E-state index in [1.54, 1.807) is 36.0 Å². The number of rotatable bonds is 5. The molecule has 0 atom stereocenters. The van der Waals surface area contributed by atoms with Crippen LogP contribution >= 0.6 is 12.4 Å². The summed E-state index contributed by atoms with van der Waals surface area (Å²) >= 11 is 0. The Morgan fingerprint density at radius 1 is 1.31 bits per heavy atom. The number of carbonyl (C=O) groups is 1. The van der Waals surface area contributed by atoms with Crippen molar-refractivity contribution in [2.45, 2.75) is 18.8 Å². The maximum Gasteiger partial charge on any atom is 0.336 e. The SMILES string of the molecule is Cl.Cn1nc(C2CCNCC2)nc1NC(=O)COc1ccc2ccc(=O)oc2c1. The second-order valence-electron chi connectivity index (χ2n) is 6.73. The van der Waals surface area contributed by atoms with Gasteiger partial charge in [0, 0.05) is 30.5 Å². The van der Waals surface area contributed by atoms with E-state index in [4.69, 9.17) is 9.15 Å². The fourth-order valence-electron chi connectivity index (χ4n) is 3.21. The Morgan fingerprint density at radius 2 is 2.07 bits per heavy atom. The molecule has 1 saturated heterocycles. The van der Waals surface area contributed by atoms with Crippen molar-refractivity contribution in [3.63, 3.8) is 0 Å². The number of hydrogen-bond acceptors (Lipinski definition) is 7. The number of anilines is 1. The van der Waals surface area contributed by atoms with Gasteiger partial charge in [0.1, 0.15) is 11.3 Å². The fraction of sp³-hybridized carbons (Fsp3) is 0.368. The Hall–Kier alpha value is -2.91. The Balaban J connectivity index is 0.00000240. The van der Waals surface area contributed by atoms with Crippen molar-refractivity contribution in [2.75, 3.05) is 25.0 Å². The zero-order valence-corrected chi connectivity index (χ0v) is 16.7. The maximum absolute atomic E-state index is 12.2. The summed E-state index contributed by atoms with van der Waals surface area (Å²) in [4.78, 5) is 28.0. The van der Waals surface area contributed by atoms with Gasteiger partial charge in [0.05, 0.1) is 0 Å². The molecule has 1 aromatic carbocycles. The molecule has 10 heteroatoms. The molecule has 1 fully saturated rings. The first-order valence-corrected chi connectivity index (χ1v) is 9.17. The van der Waals surface area contributed by atoms with Crippen molar-refractivity contribution in [1.29, 1.82) is 0 Å². The van der Waals surface area contributed by atoms with E-state index in [2.05, 4.69) is 20.7 Å². The van der Waals surface area contributed by atoms with Gasteiger partial charge in [-0.1, -0.05) is 0 Å². The van der Waals surface area contributed by atoms with Crippen LogP contribution in [0, 0.1) is 0 Å².